The van der Waals surface area contributed by atoms with Crippen molar-refractivity contribution in [2.75, 3.05) is 109 Å². The van der Waals surface area contributed by atoms with Gasteiger partial charge in [-0.1, -0.05) is 87.0 Å². The summed E-state index contributed by atoms with van der Waals surface area (Å²) < 4.78 is 221. The normalized spacial score (nSPS) is 14.6. The van der Waals surface area contributed by atoms with Gasteiger partial charge in [-0.2, -0.15) is 13.2 Å². The van der Waals surface area contributed by atoms with Crippen LogP contribution >= 0.6 is 0 Å². The maximum Gasteiger partial charge on any atom is 0.470 e. The number of carbonyl (C=O) groups is 6. The van der Waals surface area contributed by atoms with Crippen LogP contribution < -0.4 is 28.3 Å². The number of alkyl halides is 3. The van der Waals surface area contributed by atoms with Crippen molar-refractivity contribution < 1.29 is 126 Å². The van der Waals surface area contributed by atoms with Crippen LogP contribution in [0.5, 0.6) is 0 Å². The van der Waals surface area contributed by atoms with Crippen molar-refractivity contribution in [3.8, 4) is 0 Å². The lowest BCUT2D eigenvalue weighted by Crippen LogP contribution is -2.38. The Morgan fingerprint density at radius 1 is 0.348 bits per heavy atom. The Balaban J connectivity index is -0.000000626. The second-order valence-corrected chi connectivity index (χ2v) is 42.6. The number of sulfonamides is 6. The fourth-order valence-corrected chi connectivity index (χ4v) is 15.1. The second kappa shape index (κ2) is 55.7. The summed E-state index contributed by atoms with van der Waals surface area (Å²) in [6.45, 7) is 35.8. The van der Waals surface area contributed by atoms with E-state index in [0.717, 1.165) is 57.8 Å². The van der Waals surface area contributed by atoms with Crippen LogP contribution in [0.25, 0.3) is 0 Å². The quantitative estimate of drug-likeness (QED) is 0.0143. The first kappa shape index (κ1) is 114. The monoisotopic (exact) mass is 1740 g/mol. The first-order valence-corrected chi connectivity index (χ1v) is 48.5. The van der Waals surface area contributed by atoms with Crippen LogP contribution in [-0.4, -0.2) is 213 Å². The third-order valence-electron chi connectivity index (χ3n) is 18.7. The van der Waals surface area contributed by atoms with Crippen molar-refractivity contribution in [3.63, 3.8) is 0 Å². The fraction of sp³-hybridized carbons (Fsp3) is 0.917. The maximum atomic E-state index is 12.0. The molecule has 6 N–H and O–H groups in total. The zero-order valence-corrected chi connectivity index (χ0v) is 75.8. The van der Waals surface area contributed by atoms with Crippen LogP contribution in [0.1, 0.15) is 266 Å². The minimum atomic E-state index is -4.99. The standard InChI is InChI=1S/C15H29NO4S.C14H27NO4S.C12H25NO5S.C11H23NO4S.C10H18F3NO4S.C10H21NO4S/c1-4-15(2,3)14(17)20-11-8-12-21(18,19)16-13-9-6-5-7-10-13;1-4-14(2,3)13(16)19-11-10-15-20(17,18)12-8-6-5-7-9-12;1-5-12(2,3)11(14)18-8-6-10-19(15,16)13-7-9-17-4;1-5-9-17(14,15)12-7-8-16-10(13)11(3,4)6-2;1-4-9(2,3)8(15)18-6-5-7-19(16,17)14-10(11,12)13;1-5-10(2,3)9(12)15-7-6-8-16(13,14)11-4/h13,16H,4-12H2,1-3H3;12,15H,4-11H2,1-3H3;13H,5-10H2,1-4H3;12H,5-9H2,1-4H3;14H,4-7H2,1-3H3;11H,5-8H2,1-4H3. The first-order valence-electron chi connectivity index (χ1n) is 38.7. The zero-order valence-electron chi connectivity index (χ0n) is 70.9. The minimum absolute atomic E-state index is 0.0172. The lowest BCUT2D eigenvalue weighted by atomic mass is 9.91. The fourth-order valence-electron chi connectivity index (χ4n) is 8.43. The van der Waals surface area contributed by atoms with Crippen LogP contribution in [0.3, 0.4) is 0 Å². The van der Waals surface area contributed by atoms with Gasteiger partial charge in [0.25, 0.3) is 0 Å². The third-order valence-corrected chi connectivity index (χ3v) is 28.1. The number of carbonyl (C=O) groups excluding carboxylic acids is 6. The van der Waals surface area contributed by atoms with Gasteiger partial charge in [-0.15, -0.1) is 4.72 Å². The number of hydrogen-bond donors (Lipinski definition) is 6. The molecule has 0 radical (unpaired) electrons. The van der Waals surface area contributed by atoms with Crippen molar-refractivity contribution in [3.05, 3.63) is 0 Å². The molecule has 0 heterocycles. The van der Waals surface area contributed by atoms with E-state index in [-0.39, 0.29) is 136 Å². The molecule has 2 aliphatic carbocycles. The van der Waals surface area contributed by atoms with Gasteiger partial charge >= 0.3 is 42.1 Å². The van der Waals surface area contributed by atoms with Crippen molar-refractivity contribution in [2.45, 2.75) is 284 Å². The number of rotatable bonds is 47. The molecule has 40 heteroatoms. The predicted molar refractivity (Wildman–Crippen MR) is 428 cm³/mol. The molecule has 0 atom stereocenters. The molecule has 2 rings (SSSR count). The Morgan fingerprint density at radius 2 is 0.616 bits per heavy atom. The molecule has 31 nitrogen and oxygen atoms in total. The van der Waals surface area contributed by atoms with E-state index >= 15 is 0 Å². The summed E-state index contributed by atoms with van der Waals surface area (Å²) in [7, 11) is -17.8. The molecule has 0 aromatic carbocycles. The van der Waals surface area contributed by atoms with Crippen LogP contribution in [0.15, 0.2) is 0 Å². The van der Waals surface area contributed by atoms with Crippen LogP contribution in [0.4, 0.5) is 13.2 Å². The number of halogens is 3. The molecule has 0 saturated heterocycles. The molecule has 0 bridgehead atoms. The topological polar surface area (TPSA) is 444 Å². The van der Waals surface area contributed by atoms with Gasteiger partial charge in [0.1, 0.15) is 13.2 Å². The van der Waals surface area contributed by atoms with E-state index < -0.39 is 111 Å². The highest BCUT2D eigenvalue weighted by Gasteiger charge is 2.36. The third kappa shape index (κ3) is 56.4. The van der Waals surface area contributed by atoms with E-state index in [1.54, 1.807) is 69.2 Å². The Morgan fingerprint density at radius 3 is 0.911 bits per heavy atom. The molecule has 0 unspecified atom stereocenters. The Hall–Kier alpha value is -3.97. The van der Waals surface area contributed by atoms with Crippen LogP contribution in [0.2, 0.25) is 0 Å². The van der Waals surface area contributed by atoms with E-state index in [1.165, 1.54) is 20.6 Å². The largest absolute Gasteiger partial charge is 0.470 e. The van der Waals surface area contributed by atoms with Gasteiger partial charge in [-0.05, 0) is 186 Å². The molecule has 0 aliphatic heterocycles. The van der Waals surface area contributed by atoms with Crippen molar-refractivity contribution in [1.29, 1.82) is 0 Å². The number of ether oxygens (including phenoxy) is 7. The summed E-state index contributed by atoms with van der Waals surface area (Å²) in [6.07, 6.45) is 10.1. The highest BCUT2D eigenvalue weighted by molar-refractivity contribution is 7.90. The first-order chi connectivity index (χ1) is 51.2. The number of esters is 6. The van der Waals surface area contributed by atoms with E-state index in [2.05, 4.69) is 23.6 Å². The van der Waals surface area contributed by atoms with E-state index in [1.807, 2.05) is 62.3 Å². The molecule has 0 spiro atoms. The number of hydrogen-bond acceptors (Lipinski definition) is 25. The van der Waals surface area contributed by atoms with Gasteiger partial charge in [0, 0.05) is 32.8 Å². The van der Waals surface area contributed by atoms with Gasteiger partial charge < -0.3 is 33.2 Å². The summed E-state index contributed by atoms with van der Waals surface area (Å²) in [5.41, 5.74) is -3.23. The molecule has 2 fully saturated rings. The van der Waals surface area contributed by atoms with Crippen LogP contribution in [0, 0.1) is 32.5 Å². The molecular weight excluding hydrogens is 1600 g/mol. The van der Waals surface area contributed by atoms with Gasteiger partial charge in [0.15, 0.2) is 0 Å². The van der Waals surface area contributed by atoms with E-state index in [9.17, 15) is 92.4 Å². The molecule has 0 aromatic heterocycles. The van der Waals surface area contributed by atoms with E-state index in [0.29, 0.717) is 69.1 Å². The molecule has 0 amide bonds. The lowest BCUT2D eigenvalue weighted by molar-refractivity contribution is -0.154. The summed E-state index contributed by atoms with van der Waals surface area (Å²) in [5.74, 6) is -2.64. The molecule has 668 valence electrons. The van der Waals surface area contributed by atoms with Crippen LogP contribution in [-0.2, 0) is 122 Å². The van der Waals surface area contributed by atoms with Gasteiger partial charge in [0.05, 0.1) is 99.5 Å². The second-order valence-electron chi connectivity index (χ2n) is 31.0. The highest BCUT2D eigenvalue weighted by atomic mass is 32.2. The number of nitrogens with one attached hydrogen (secondary N) is 6. The Labute approximate surface area is 671 Å². The van der Waals surface area contributed by atoms with E-state index in [4.69, 9.17) is 33.2 Å². The summed E-state index contributed by atoms with van der Waals surface area (Å²) >= 11 is 0. The molecule has 2 aliphatic rings. The van der Waals surface area contributed by atoms with Gasteiger partial charge in [-0.3, -0.25) is 28.8 Å². The average Bonchev–Trinajstić information content (AvgIpc) is 0.858. The Bertz CT molecular complexity index is 3420. The summed E-state index contributed by atoms with van der Waals surface area (Å²) in [6, 6.07) is 0.0883. The average molecular weight is 1740 g/mol. The van der Waals surface area contributed by atoms with Crippen molar-refractivity contribution in [1.82, 2.24) is 28.3 Å². The van der Waals surface area contributed by atoms with Gasteiger partial charge in [-0.25, -0.2) is 74.1 Å². The zero-order chi connectivity index (χ0) is 87.8. The summed E-state index contributed by atoms with van der Waals surface area (Å²) in [4.78, 5) is 69.6. The molecular formula is C72H143F3N6O25S6. The van der Waals surface area contributed by atoms with Gasteiger partial charge in [0.2, 0.25) is 60.1 Å². The Kier molecular flexibility index (Phi) is 56.8. The smallest absolute Gasteiger partial charge is 0.465 e. The molecule has 0 aromatic rings. The number of methoxy groups -OCH3 is 1. The molecule has 112 heavy (non-hydrogen) atoms. The highest BCUT2D eigenvalue weighted by Crippen LogP contribution is 2.28. The SMILES string of the molecule is CCC(C)(C)C(=O)OCCCS(=O)(=O)NC.CCC(C)(C)C(=O)OCCCS(=O)(=O)NC(F)(F)F.CCC(C)(C)C(=O)OCCCS(=O)(=O)NC1CCCCC1.CCC(C)(C)C(=O)OCCCS(=O)(=O)NCCOC.CCC(C)(C)C(=O)OCCNS(=O)(=O)C1CCCCC1.CCCS(=O)(=O)NCCOC(=O)C(C)(C)CC. The summed E-state index contributed by atoms with van der Waals surface area (Å²) in [5, 5.41) is -0.279. The van der Waals surface area contributed by atoms with Crippen molar-refractivity contribution in [2.24, 2.45) is 32.5 Å². The van der Waals surface area contributed by atoms with Crippen molar-refractivity contribution >= 4 is 96.0 Å². The predicted octanol–water partition coefficient (Wildman–Crippen LogP) is 9.74. The minimum Gasteiger partial charge on any atom is -0.465 e. The maximum absolute atomic E-state index is 12.0. The lowest BCUT2D eigenvalue weighted by Gasteiger charge is -2.23. The molecule has 2 saturated carbocycles.